The van der Waals surface area contributed by atoms with Gasteiger partial charge in [-0.15, -0.1) is 24.0 Å². The molecule has 1 fully saturated rings. The third-order valence-corrected chi connectivity index (χ3v) is 4.30. The molecule has 0 spiro atoms. The summed E-state index contributed by atoms with van der Waals surface area (Å²) in [6.45, 7) is 4.94. The van der Waals surface area contributed by atoms with E-state index >= 15 is 0 Å². The number of aliphatic imine (C=N–C) groups is 1. The Bertz CT molecular complexity index is 624. The number of phenols is 1. The Labute approximate surface area is 172 Å². The van der Waals surface area contributed by atoms with Gasteiger partial charge in [-0.1, -0.05) is 6.07 Å². The van der Waals surface area contributed by atoms with E-state index in [4.69, 9.17) is 10.5 Å². The molecule has 1 aliphatic rings. The van der Waals surface area contributed by atoms with Gasteiger partial charge in [0.15, 0.2) is 17.5 Å². The average molecular weight is 476 g/mol. The molecule has 0 saturated carbocycles. The lowest BCUT2D eigenvalue weighted by Crippen LogP contribution is -2.47. The number of benzene rings is 1. The largest absolute Gasteiger partial charge is 0.504 e. The molecule has 1 amide bonds. The normalized spacial score (nSPS) is 17.4. The Kier molecular flexibility index (Phi) is 9.53. The lowest BCUT2D eigenvalue weighted by atomic mass is 9.95. The number of carbonyl (C=O) groups excluding carboxylic acids is 1. The summed E-state index contributed by atoms with van der Waals surface area (Å²) in [5.74, 6) is 1.42. The average Bonchev–Trinajstić information content (AvgIpc) is 2.58. The number of aromatic hydroxyl groups is 1. The highest BCUT2D eigenvalue weighted by Gasteiger charge is 2.23. The quantitative estimate of drug-likeness (QED) is 0.332. The van der Waals surface area contributed by atoms with Gasteiger partial charge in [0.2, 0.25) is 5.91 Å². The molecule has 8 heteroatoms. The van der Waals surface area contributed by atoms with Gasteiger partial charge in [-0.25, -0.2) is 4.99 Å². The van der Waals surface area contributed by atoms with E-state index in [1.54, 1.807) is 12.1 Å². The van der Waals surface area contributed by atoms with Crippen LogP contribution in [0.2, 0.25) is 0 Å². The topological polar surface area (TPSA) is 100 Å². The monoisotopic (exact) mass is 476 g/mol. The fourth-order valence-corrected chi connectivity index (χ4v) is 3.13. The highest BCUT2D eigenvalue weighted by Crippen LogP contribution is 2.26. The Hall–Kier alpha value is -1.71. The van der Waals surface area contributed by atoms with Crippen LogP contribution in [0, 0.1) is 5.92 Å². The van der Waals surface area contributed by atoms with Gasteiger partial charge in [0, 0.05) is 26.1 Å². The fourth-order valence-electron chi connectivity index (χ4n) is 3.13. The summed E-state index contributed by atoms with van der Waals surface area (Å²) >= 11 is 0. The van der Waals surface area contributed by atoms with Gasteiger partial charge in [0.05, 0.1) is 13.7 Å². The van der Waals surface area contributed by atoms with Crippen molar-refractivity contribution in [3.05, 3.63) is 23.8 Å². The zero-order chi connectivity index (χ0) is 18.2. The number of ether oxygens (including phenoxy) is 1. The van der Waals surface area contributed by atoms with E-state index in [1.807, 2.05) is 13.0 Å². The van der Waals surface area contributed by atoms with Crippen LogP contribution in [-0.2, 0) is 11.3 Å². The number of amides is 1. The molecule has 0 aromatic heterocycles. The van der Waals surface area contributed by atoms with Gasteiger partial charge in [0.25, 0.3) is 0 Å². The number of primary amides is 1. The first-order valence-corrected chi connectivity index (χ1v) is 8.71. The summed E-state index contributed by atoms with van der Waals surface area (Å²) in [6.07, 6.45) is 2.46. The molecule has 1 saturated heterocycles. The van der Waals surface area contributed by atoms with E-state index in [-0.39, 0.29) is 41.6 Å². The minimum atomic E-state index is -0.248. The highest BCUT2D eigenvalue weighted by atomic mass is 127. The van der Waals surface area contributed by atoms with E-state index in [0.717, 1.165) is 44.0 Å². The fraction of sp³-hybridized carbons (Fsp3) is 0.556. The lowest BCUT2D eigenvalue weighted by molar-refractivity contribution is -0.119. The van der Waals surface area contributed by atoms with Crippen molar-refractivity contribution < 1.29 is 14.6 Å². The maximum Gasteiger partial charge on any atom is 0.217 e. The third-order valence-electron chi connectivity index (χ3n) is 4.30. The van der Waals surface area contributed by atoms with Gasteiger partial charge in [-0.3, -0.25) is 4.79 Å². The zero-order valence-corrected chi connectivity index (χ0v) is 17.7. The van der Waals surface area contributed by atoms with Gasteiger partial charge in [-0.05, 0) is 43.4 Å². The van der Waals surface area contributed by atoms with Gasteiger partial charge in [0.1, 0.15) is 0 Å². The first-order chi connectivity index (χ1) is 12.0. The summed E-state index contributed by atoms with van der Waals surface area (Å²) in [4.78, 5) is 18.1. The standard InChI is InChI=1S/C18H28N4O3.HI/c1-3-20-18(22-8-4-5-14(12-22)10-17(19)24)21-11-13-6-7-16(25-2)15(23)9-13;/h6-7,9,14,23H,3-5,8,10-12H2,1-2H3,(H2,19,24)(H,20,21);1H. The summed E-state index contributed by atoms with van der Waals surface area (Å²) in [5.41, 5.74) is 6.24. The molecule has 1 atom stereocenters. The molecule has 0 bridgehead atoms. The van der Waals surface area contributed by atoms with Crippen LogP contribution < -0.4 is 15.8 Å². The molecule has 0 aliphatic carbocycles. The first kappa shape index (κ1) is 22.3. The van der Waals surface area contributed by atoms with Crippen molar-refractivity contribution in [2.24, 2.45) is 16.6 Å². The number of methoxy groups -OCH3 is 1. The molecule has 4 N–H and O–H groups in total. The number of rotatable bonds is 6. The number of phenolic OH excluding ortho intramolecular Hbond substituents is 1. The van der Waals surface area contributed by atoms with Crippen LogP contribution in [0.5, 0.6) is 11.5 Å². The SMILES string of the molecule is CCNC(=NCc1ccc(OC)c(O)c1)N1CCCC(CC(N)=O)C1.I. The van der Waals surface area contributed by atoms with Gasteiger partial charge < -0.3 is 25.8 Å². The number of nitrogens with zero attached hydrogens (tertiary/aromatic N) is 2. The molecule has 1 aliphatic heterocycles. The molecular weight excluding hydrogens is 447 g/mol. The van der Waals surface area contributed by atoms with E-state index in [0.29, 0.717) is 18.7 Å². The molecule has 7 nitrogen and oxygen atoms in total. The minimum absolute atomic E-state index is 0. The number of nitrogens with one attached hydrogen (secondary N) is 1. The van der Waals surface area contributed by atoms with Crippen LogP contribution in [0.15, 0.2) is 23.2 Å². The van der Waals surface area contributed by atoms with Crippen molar-refractivity contribution in [1.82, 2.24) is 10.2 Å². The molecule has 1 aromatic rings. The predicted octanol–water partition coefficient (Wildman–Crippen LogP) is 2.07. The van der Waals surface area contributed by atoms with Crippen LogP contribution in [0.3, 0.4) is 0 Å². The summed E-state index contributed by atoms with van der Waals surface area (Å²) < 4.78 is 5.06. The molecular formula is C18H29IN4O3. The number of hydrogen-bond donors (Lipinski definition) is 3. The van der Waals surface area contributed by atoms with Crippen molar-refractivity contribution in [2.45, 2.75) is 32.7 Å². The van der Waals surface area contributed by atoms with Crippen molar-refractivity contribution in [2.75, 3.05) is 26.7 Å². The summed E-state index contributed by atoms with van der Waals surface area (Å²) in [7, 11) is 1.52. The Morgan fingerprint density at radius 3 is 2.88 bits per heavy atom. The van der Waals surface area contributed by atoms with E-state index in [2.05, 4.69) is 15.2 Å². The second-order valence-corrected chi connectivity index (χ2v) is 6.30. The van der Waals surface area contributed by atoms with Crippen molar-refractivity contribution in [1.29, 1.82) is 0 Å². The smallest absolute Gasteiger partial charge is 0.217 e. The summed E-state index contributed by atoms with van der Waals surface area (Å²) in [6, 6.07) is 5.28. The Morgan fingerprint density at radius 2 is 2.27 bits per heavy atom. The van der Waals surface area contributed by atoms with E-state index in [9.17, 15) is 9.90 Å². The predicted molar refractivity (Wildman–Crippen MR) is 113 cm³/mol. The second kappa shape index (κ2) is 11.1. The first-order valence-electron chi connectivity index (χ1n) is 8.71. The van der Waals surface area contributed by atoms with Crippen molar-refractivity contribution in [3.63, 3.8) is 0 Å². The number of piperidine rings is 1. The molecule has 26 heavy (non-hydrogen) atoms. The Balaban J connectivity index is 0.00000338. The van der Waals surface area contributed by atoms with Crippen LogP contribution >= 0.6 is 24.0 Å². The second-order valence-electron chi connectivity index (χ2n) is 6.30. The molecule has 1 unspecified atom stereocenters. The summed E-state index contributed by atoms with van der Waals surface area (Å²) in [5, 5.41) is 13.2. The molecule has 0 radical (unpaired) electrons. The van der Waals surface area contributed by atoms with Crippen LogP contribution in [-0.4, -0.2) is 48.6 Å². The number of hydrogen-bond acceptors (Lipinski definition) is 4. The minimum Gasteiger partial charge on any atom is -0.504 e. The highest BCUT2D eigenvalue weighted by molar-refractivity contribution is 14.0. The maximum absolute atomic E-state index is 11.2. The number of halogens is 1. The number of guanidine groups is 1. The van der Waals surface area contributed by atoms with Gasteiger partial charge >= 0.3 is 0 Å². The number of nitrogens with two attached hydrogens (primary N) is 1. The van der Waals surface area contributed by atoms with E-state index < -0.39 is 0 Å². The van der Waals surface area contributed by atoms with E-state index in [1.165, 1.54) is 7.11 Å². The molecule has 2 rings (SSSR count). The zero-order valence-electron chi connectivity index (χ0n) is 15.4. The molecule has 1 heterocycles. The Morgan fingerprint density at radius 1 is 1.50 bits per heavy atom. The van der Waals surface area contributed by atoms with Crippen molar-refractivity contribution >= 4 is 35.8 Å². The molecule has 1 aromatic carbocycles. The van der Waals surface area contributed by atoms with Crippen molar-refractivity contribution in [3.8, 4) is 11.5 Å². The number of likely N-dealkylation sites (tertiary alicyclic amines) is 1. The van der Waals surface area contributed by atoms with Crippen LogP contribution in [0.1, 0.15) is 31.7 Å². The maximum atomic E-state index is 11.2. The third kappa shape index (κ3) is 6.54. The lowest BCUT2D eigenvalue weighted by Gasteiger charge is -2.34. The van der Waals surface area contributed by atoms with Crippen LogP contribution in [0.25, 0.3) is 0 Å². The van der Waals surface area contributed by atoms with Gasteiger partial charge in [-0.2, -0.15) is 0 Å². The van der Waals surface area contributed by atoms with Crippen LogP contribution in [0.4, 0.5) is 0 Å². The number of carbonyl (C=O) groups is 1. The molecule has 146 valence electrons.